The van der Waals surface area contributed by atoms with E-state index in [1.54, 1.807) is 19.2 Å². The second-order valence-corrected chi connectivity index (χ2v) is 5.01. The number of ether oxygens (including phenoxy) is 1. The Labute approximate surface area is 124 Å². The minimum Gasteiger partial charge on any atom is -0.508 e. The van der Waals surface area contributed by atoms with Crippen molar-refractivity contribution in [2.45, 2.75) is 18.4 Å². The Bertz CT molecular complexity index is 615. The molecule has 1 saturated carbocycles. The van der Waals surface area contributed by atoms with Crippen LogP contribution in [0, 0.1) is 0 Å². The molecule has 4 heteroatoms. The van der Waals surface area contributed by atoms with Crippen molar-refractivity contribution in [2.24, 2.45) is 5.73 Å². The Morgan fingerprint density at radius 3 is 2.45 bits per heavy atom. The molecule has 0 aromatic heterocycles. The summed E-state index contributed by atoms with van der Waals surface area (Å²) in [4.78, 5) is 0. The fraction of sp³-hybridized carbons (Fsp3) is 0.250. The number of aromatic hydroxyl groups is 1. The molecule has 0 bridgehead atoms. The summed E-state index contributed by atoms with van der Waals surface area (Å²) in [6.45, 7) is 0. The van der Waals surface area contributed by atoms with Gasteiger partial charge in [0, 0.05) is 12.0 Å². The van der Waals surface area contributed by atoms with Crippen molar-refractivity contribution in [3.8, 4) is 22.6 Å². The Morgan fingerprint density at radius 1 is 1.15 bits per heavy atom. The van der Waals surface area contributed by atoms with Gasteiger partial charge in [-0.15, -0.1) is 12.4 Å². The molecule has 0 aliphatic heterocycles. The van der Waals surface area contributed by atoms with E-state index in [9.17, 15) is 5.11 Å². The molecule has 106 valence electrons. The van der Waals surface area contributed by atoms with Gasteiger partial charge < -0.3 is 15.6 Å². The molecule has 3 rings (SSSR count). The standard InChI is InChI=1S/C16H17NO2.ClH/c1-19-16-8-11(10-3-2-4-12(18)7-10)5-6-13(16)14-9-15(14)17;/h2-8,14-15,18H,9,17H2,1H3;1H. The van der Waals surface area contributed by atoms with Crippen molar-refractivity contribution >= 4 is 12.4 Å². The normalized spacial score (nSPS) is 20.1. The van der Waals surface area contributed by atoms with Crippen LogP contribution in [0.4, 0.5) is 0 Å². The predicted octanol–water partition coefficient (Wildman–Crippen LogP) is 3.30. The van der Waals surface area contributed by atoms with Crippen LogP contribution in [0.2, 0.25) is 0 Å². The second-order valence-electron chi connectivity index (χ2n) is 5.01. The fourth-order valence-electron chi connectivity index (χ4n) is 2.45. The van der Waals surface area contributed by atoms with Crippen LogP contribution in [0.15, 0.2) is 42.5 Å². The molecule has 2 atom stereocenters. The van der Waals surface area contributed by atoms with Gasteiger partial charge in [-0.3, -0.25) is 0 Å². The maximum atomic E-state index is 9.54. The molecule has 1 fully saturated rings. The molecule has 2 unspecified atom stereocenters. The molecule has 1 aliphatic carbocycles. The van der Waals surface area contributed by atoms with Gasteiger partial charge in [-0.1, -0.05) is 24.3 Å². The number of benzene rings is 2. The number of hydrogen-bond acceptors (Lipinski definition) is 3. The molecule has 0 radical (unpaired) electrons. The van der Waals surface area contributed by atoms with Crippen LogP contribution in [0.5, 0.6) is 11.5 Å². The highest BCUT2D eigenvalue weighted by Gasteiger charge is 2.36. The van der Waals surface area contributed by atoms with Gasteiger partial charge in [0.25, 0.3) is 0 Å². The molecule has 1 aliphatic rings. The smallest absolute Gasteiger partial charge is 0.123 e. The monoisotopic (exact) mass is 291 g/mol. The Balaban J connectivity index is 0.00000147. The maximum Gasteiger partial charge on any atom is 0.123 e. The highest BCUT2D eigenvalue weighted by molar-refractivity contribution is 5.85. The first-order valence-electron chi connectivity index (χ1n) is 6.42. The maximum absolute atomic E-state index is 9.54. The van der Waals surface area contributed by atoms with Gasteiger partial charge in [0.1, 0.15) is 11.5 Å². The largest absolute Gasteiger partial charge is 0.508 e. The van der Waals surface area contributed by atoms with E-state index in [-0.39, 0.29) is 24.2 Å². The van der Waals surface area contributed by atoms with E-state index in [0.717, 1.165) is 23.3 Å². The van der Waals surface area contributed by atoms with Crippen LogP contribution in [0.1, 0.15) is 17.9 Å². The SMILES string of the molecule is COc1cc(-c2cccc(O)c2)ccc1C1CC1N.Cl. The third-order valence-electron chi connectivity index (χ3n) is 3.65. The molecular formula is C16H18ClNO2. The van der Waals surface area contributed by atoms with E-state index in [2.05, 4.69) is 12.1 Å². The number of phenols is 1. The van der Waals surface area contributed by atoms with Crippen LogP contribution in [-0.4, -0.2) is 18.3 Å². The van der Waals surface area contributed by atoms with E-state index in [4.69, 9.17) is 10.5 Å². The molecule has 0 spiro atoms. The van der Waals surface area contributed by atoms with Crippen molar-refractivity contribution in [2.75, 3.05) is 7.11 Å². The quantitative estimate of drug-likeness (QED) is 0.912. The number of rotatable bonds is 3. The van der Waals surface area contributed by atoms with Gasteiger partial charge in [-0.05, 0) is 41.3 Å². The first-order chi connectivity index (χ1) is 9.19. The number of methoxy groups -OCH3 is 1. The summed E-state index contributed by atoms with van der Waals surface area (Å²) in [5.74, 6) is 1.57. The molecule has 2 aromatic carbocycles. The molecule has 3 nitrogen and oxygen atoms in total. The molecule has 0 amide bonds. The van der Waals surface area contributed by atoms with Crippen molar-refractivity contribution in [1.29, 1.82) is 0 Å². The van der Waals surface area contributed by atoms with E-state index in [0.29, 0.717) is 5.92 Å². The van der Waals surface area contributed by atoms with Crippen LogP contribution in [0.25, 0.3) is 11.1 Å². The molecular weight excluding hydrogens is 274 g/mol. The van der Waals surface area contributed by atoms with E-state index >= 15 is 0 Å². The van der Waals surface area contributed by atoms with Gasteiger partial charge in [-0.25, -0.2) is 0 Å². The molecule has 2 aromatic rings. The third-order valence-corrected chi connectivity index (χ3v) is 3.65. The summed E-state index contributed by atoms with van der Waals surface area (Å²) < 4.78 is 5.47. The summed E-state index contributed by atoms with van der Waals surface area (Å²) in [6, 6.07) is 13.6. The van der Waals surface area contributed by atoms with Crippen LogP contribution >= 0.6 is 12.4 Å². The van der Waals surface area contributed by atoms with Gasteiger partial charge >= 0.3 is 0 Å². The zero-order valence-corrected chi connectivity index (χ0v) is 12.1. The van der Waals surface area contributed by atoms with Gasteiger partial charge in [-0.2, -0.15) is 0 Å². The number of hydrogen-bond donors (Lipinski definition) is 2. The predicted molar refractivity (Wildman–Crippen MR) is 82.7 cm³/mol. The summed E-state index contributed by atoms with van der Waals surface area (Å²) in [5, 5.41) is 9.54. The van der Waals surface area contributed by atoms with Gasteiger partial charge in [0.15, 0.2) is 0 Å². The number of halogens is 1. The van der Waals surface area contributed by atoms with E-state index < -0.39 is 0 Å². The first kappa shape index (κ1) is 14.7. The van der Waals surface area contributed by atoms with Crippen LogP contribution in [-0.2, 0) is 0 Å². The summed E-state index contributed by atoms with van der Waals surface area (Å²) in [5.41, 5.74) is 9.09. The van der Waals surface area contributed by atoms with Gasteiger partial charge in [0.05, 0.1) is 7.11 Å². The third kappa shape index (κ3) is 2.74. The lowest BCUT2D eigenvalue weighted by Gasteiger charge is -2.11. The number of phenolic OH excluding ortho intramolecular Hbond substituents is 1. The van der Waals surface area contributed by atoms with Crippen molar-refractivity contribution in [3.63, 3.8) is 0 Å². The zero-order valence-electron chi connectivity index (χ0n) is 11.2. The zero-order chi connectivity index (χ0) is 13.4. The van der Waals surface area contributed by atoms with E-state index in [1.165, 1.54) is 5.56 Å². The van der Waals surface area contributed by atoms with Crippen molar-refractivity contribution in [1.82, 2.24) is 0 Å². The number of nitrogens with two attached hydrogens (primary N) is 1. The molecule has 0 heterocycles. The molecule has 3 N–H and O–H groups in total. The van der Waals surface area contributed by atoms with Gasteiger partial charge in [0.2, 0.25) is 0 Å². The highest BCUT2D eigenvalue weighted by Crippen LogP contribution is 2.44. The topological polar surface area (TPSA) is 55.5 Å². The molecule has 20 heavy (non-hydrogen) atoms. The van der Waals surface area contributed by atoms with Crippen molar-refractivity contribution < 1.29 is 9.84 Å². The summed E-state index contributed by atoms with van der Waals surface area (Å²) in [6.07, 6.45) is 1.03. The average molecular weight is 292 g/mol. The molecule has 0 saturated heterocycles. The lowest BCUT2D eigenvalue weighted by Crippen LogP contribution is -2.02. The Kier molecular flexibility index (Phi) is 4.21. The Hall–Kier alpha value is -1.71. The lowest BCUT2D eigenvalue weighted by molar-refractivity contribution is 0.409. The summed E-state index contributed by atoms with van der Waals surface area (Å²) >= 11 is 0. The second kappa shape index (κ2) is 5.73. The first-order valence-corrected chi connectivity index (χ1v) is 6.42. The van der Waals surface area contributed by atoms with E-state index in [1.807, 2.05) is 18.2 Å². The Morgan fingerprint density at radius 2 is 1.85 bits per heavy atom. The average Bonchev–Trinajstić information content (AvgIpc) is 3.15. The lowest BCUT2D eigenvalue weighted by atomic mass is 10.0. The fourth-order valence-corrected chi connectivity index (χ4v) is 2.45. The van der Waals surface area contributed by atoms with Crippen LogP contribution < -0.4 is 10.5 Å². The summed E-state index contributed by atoms with van der Waals surface area (Å²) in [7, 11) is 1.68. The van der Waals surface area contributed by atoms with Crippen molar-refractivity contribution in [3.05, 3.63) is 48.0 Å². The minimum atomic E-state index is 0. The minimum absolute atomic E-state index is 0. The van der Waals surface area contributed by atoms with Crippen LogP contribution in [0.3, 0.4) is 0 Å². The highest BCUT2D eigenvalue weighted by atomic mass is 35.5.